The fourth-order valence-corrected chi connectivity index (χ4v) is 1.18. The average molecular weight is 205 g/mol. The molecule has 0 saturated carbocycles. The standard InChI is InChI=1S/C9H9N3O.C2H6/c1-6-7-3-9(13-2)10-4-8(7)12-5-11-6;1-2/h3-5H,1-2H3;1-2H3. The largest absolute Gasteiger partial charge is 0.481 e. The molecule has 0 bridgehead atoms. The summed E-state index contributed by atoms with van der Waals surface area (Å²) in [6, 6.07) is 1.84. The first kappa shape index (κ1) is 11.4. The van der Waals surface area contributed by atoms with Crippen LogP contribution in [0.3, 0.4) is 0 Å². The average Bonchev–Trinajstić information content (AvgIpc) is 2.32. The van der Waals surface area contributed by atoms with Crippen LogP contribution in [0.15, 0.2) is 18.6 Å². The maximum absolute atomic E-state index is 5.01. The number of aromatic nitrogens is 3. The Labute approximate surface area is 89.4 Å². The van der Waals surface area contributed by atoms with Crippen molar-refractivity contribution >= 4 is 10.9 Å². The number of ether oxygens (including phenoxy) is 1. The Morgan fingerprint density at radius 3 is 2.53 bits per heavy atom. The van der Waals surface area contributed by atoms with Crippen molar-refractivity contribution < 1.29 is 4.74 Å². The lowest BCUT2D eigenvalue weighted by Crippen LogP contribution is -1.91. The van der Waals surface area contributed by atoms with E-state index in [2.05, 4.69) is 15.0 Å². The molecule has 0 fully saturated rings. The second-order valence-corrected chi connectivity index (χ2v) is 2.70. The molecule has 2 rings (SSSR count). The first-order chi connectivity index (χ1) is 7.31. The minimum atomic E-state index is 0.588. The van der Waals surface area contributed by atoms with E-state index < -0.39 is 0 Å². The molecule has 80 valence electrons. The van der Waals surface area contributed by atoms with E-state index in [0.29, 0.717) is 5.88 Å². The van der Waals surface area contributed by atoms with Gasteiger partial charge in [-0.1, -0.05) is 13.8 Å². The van der Waals surface area contributed by atoms with E-state index in [-0.39, 0.29) is 0 Å². The van der Waals surface area contributed by atoms with Crippen molar-refractivity contribution in [2.24, 2.45) is 0 Å². The van der Waals surface area contributed by atoms with Gasteiger partial charge in [-0.15, -0.1) is 0 Å². The number of pyridine rings is 1. The summed E-state index contributed by atoms with van der Waals surface area (Å²) in [5.41, 5.74) is 1.78. The van der Waals surface area contributed by atoms with Crippen LogP contribution in [0.2, 0.25) is 0 Å². The third kappa shape index (κ3) is 2.40. The van der Waals surface area contributed by atoms with E-state index in [1.165, 1.54) is 6.33 Å². The van der Waals surface area contributed by atoms with Crippen molar-refractivity contribution in [3.05, 3.63) is 24.3 Å². The van der Waals surface area contributed by atoms with Crippen LogP contribution in [0.5, 0.6) is 5.88 Å². The van der Waals surface area contributed by atoms with E-state index in [9.17, 15) is 0 Å². The van der Waals surface area contributed by atoms with E-state index in [0.717, 1.165) is 16.6 Å². The number of hydrogen-bond acceptors (Lipinski definition) is 4. The maximum Gasteiger partial charge on any atom is 0.213 e. The fourth-order valence-electron chi connectivity index (χ4n) is 1.18. The molecule has 0 aliphatic heterocycles. The molecule has 0 N–H and O–H groups in total. The van der Waals surface area contributed by atoms with Crippen LogP contribution in [0.25, 0.3) is 10.9 Å². The van der Waals surface area contributed by atoms with Crippen LogP contribution in [-0.2, 0) is 0 Å². The Morgan fingerprint density at radius 1 is 1.13 bits per heavy atom. The Balaban J connectivity index is 0.000000531. The Kier molecular flexibility index (Phi) is 3.97. The van der Waals surface area contributed by atoms with Crippen molar-refractivity contribution in [2.75, 3.05) is 7.11 Å². The molecule has 0 radical (unpaired) electrons. The molecule has 0 atom stereocenters. The highest BCUT2D eigenvalue weighted by atomic mass is 16.5. The molecule has 0 aliphatic carbocycles. The molecular weight excluding hydrogens is 190 g/mol. The van der Waals surface area contributed by atoms with Gasteiger partial charge in [0, 0.05) is 17.1 Å². The van der Waals surface area contributed by atoms with Crippen molar-refractivity contribution in [1.29, 1.82) is 0 Å². The minimum absolute atomic E-state index is 0.588. The summed E-state index contributed by atoms with van der Waals surface area (Å²) in [5.74, 6) is 0.588. The normalized spacial score (nSPS) is 9.33. The van der Waals surface area contributed by atoms with Crippen LogP contribution in [-0.4, -0.2) is 22.1 Å². The summed E-state index contributed by atoms with van der Waals surface area (Å²) in [6.07, 6.45) is 3.22. The van der Waals surface area contributed by atoms with Gasteiger partial charge in [-0.3, -0.25) is 0 Å². The van der Waals surface area contributed by atoms with Crippen molar-refractivity contribution in [3.63, 3.8) is 0 Å². The van der Waals surface area contributed by atoms with Gasteiger partial charge in [0.05, 0.1) is 18.8 Å². The molecule has 0 saturated heterocycles. The van der Waals surface area contributed by atoms with Gasteiger partial charge < -0.3 is 4.74 Å². The second-order valence-electron chi connectivity index (χ2n) is 2.70. The first-order valence-electron chi connectivity index (χ1n) is 4.92. The molecule has 4 heteroatoms. The van der Waals surface area contributed by atoms with Crippen LogP contribution in [0.1, 0.15) is 19.5 Å². The van der Waals surface area contributed by atoms with Gasteiger partial charge in [0.15, 0.2) is 0 Å². The number of hydrogen-bond donors (Lipinski definition) is 0. The lowest BCUT2D eigenvalue weighted by Gasteiger charge is -2.01. The molecule has 0 aliphatic rings. The lowest BCUT2D eigenvalue weighted by molar-refractivity contribution is 0.398. The van der Waals surface area contributed by atoms with Gasteiger partial charge in [-0.25, -0.2) is 15.0 Å². The number of fused-ring (bicyclic) bond motifs is 1. The summed E-state index contributed by atoms with van der Waals surface area (Å²) in [5, 5.41) is 0.981. The predicted molar refractivity (Wildman–Crippen MR) is 60.0 cm³/mol. The Hall–Kier alpha value is -1.71. The molecule has 0 unspecified atom stereocenters. The second kappa shape index (κ2) is 5.24. The third-order valence-corrected chi connectivity index (χ3v) is 1.90. The molecular formula is C11H15N3O. The monoisotopic (exact) mass is 205 g/mol. The van der Waals surface area contributed by atoms with Gasteiger partial charge in [0.25, 0.3) is 0 Å². The van der Waals surface area contributed by atoms with Gasteiger partial charge >= 0.3 is 0 Å². The van der Waals surface area contributed by atoms with Crippen molar-refractivity contribution in [3.8, 4) is 5.88 Å². The maximum atomic E-state index is 5.01. The van der Waals surface area contributed by atoms with Gasteiger partial charge in [0.2, 0.25) is 5.88 Å². The summed E-state index contributed by atoms with van der Waals surface area (Å²) in [6.45, 7) is 5.93. The number of methoxy groups -OCH3 is 1. The van der Waals surface area contributed by atoms with Crippen LogP contribution in [0, 0.1) is 6.92 Å². The zero-order valence-electron chi connectivity index (χ0n) is 9.48. The SMILES string of the molecule is CC.COc1cc2c(C)ncnc2cn1. The molecule has 0 amide bonds. The molecule has 2 aromatic heterocycles. The third-order valence-electron chi connectivity index (χ3n) is 1.90. The highest BCUT2D eigenvalue weighted by molar-refractivity contribution is 5.80. The van der Waals surface area contributed by atoms with E-state index in [1.54, 1.807) is 13.3 Å². The molecule has 15 heavy (non-hydrogen) atoms. The number of aryl methyl sites for hydroxylation is 1. The molecule has 0 aromatic carbocycles. The topological polar surface area (TPSA) is 47.9 Å². The predicted octanol–water partition coefficient (Wildman–Crippen LogP) is 2.37. The van der Waals surface area contributed by atoms with E-state index in [1.807, 2.05) is 26.8 Å². The van der Waals surface area contributed by atoms with Gasteiger partial charge in [-0.05, 0) is 6.92 Å². The molecule has 4 nitrogen and oxygen atoms in total. The zero-order valence-corrected chi connectivity index (χ0v) is 9.48. The van der Waals surface area contributed by atoms with Crippen LogP contribution < -0.4 is 4.74 Å². The van der Waals surface area contributed by atoms with Crippen molar-refractivity contribution in [2.45, 2.75) is 20.8 Å². The zero-order chi connectivity index (χ0) is 11.3. The highest BCUT2D eigenvalue weighted by Crippen LogP contribution is 2.17. The fraction of sp³-hybridized carbons (Fsp3) is 0.364. The molecule has 2 heterocycles. The quantitative estimate of drug-likeness (QED) is 0.717. The summed E-state index contributed by atoms with van der Waals surface area (Å²) in [7, 11) is 1.59. The van der Waals surface area contributed by atoms with E-state index >= 15 is 0 Å². The van der Waals surface area contributed by atoms with Crippen LogP contribution in [0.4, 0.5) is 0 Å². The summed E-state index contributed by atoms with van der Waals surface area (Å²) >= 11 is 0. The smallest absolute Gasteiger partial charge is 0.213 e. The Morgan fingerprint density at radius 2 is 1.87 bits per heavy atom. The lowest BCUT2D eigenvalue weighted by atomic mass is 10.2. The number of rotatable bonds is 1. The first-order valence-corrected chi connectivity index (χ1v) is 4.92. The van der Waals surface area contributed by atoms with Gasteiger partial charge in [0.1, 0.15) is 6.33 Å². The number of nitrogens with zero attached hydrogens (tertiary/aromatic N) is 3. The van der Waals surface area contributed by atoms with Gasteiger partial charge in [-0.2, -0.15) is 0 Å². The minimum Gasteiger partial charge on any atom is -0.481 e. The molecule has 2 aromatic rings. The van der Waals surface area contributed by atoms with E-state index in [4.69, 9.17) is 4.74 Å². The van der Waals surface area contributed by atoms with Crippen LogP contribution >= 0.6 is 0 Å². The summed E-state index contributed by atoms with van der Waals surface area (Å²) < 4.78 is 5.01. The summed E-state index contributed by atoms with van der Waals surface area (Å²) in [4.78, 5) is 12.2. The Bertz CT molecular complexity index is 443. The van der Waals surface area contributed by atoms with Crippen molar-refractivity contribution in [1.82, 2.24) is 15.0 Å². The molecule has 0 spiro atoms. The highest BCUT2D eigenvalue weighted by Gasteiger charge is 2.01.